The van der Waals surface area contributed by atoms with Crippen LogP contribution in [0.5, 0.6) is 0 Å². The van der Waals surface area contributed by atoms with Gasteiger partial charge in [0.15, 0.2) is 10.4 Å². The highest BCUT2D eigenvalue weighted by Crippen LogP contribution is 2.17. The van der Waals surface area contributed by atoms with E-state index in [1.54, 1.807) is 36.4 Å². The van der Waals surface area contributed by atoms with Crippen molar-refractivity contribution in [3.05, 3.63) is 82.2 Å². The van der Waals surface area contributed by atoms with Gasteiger partial charge in [0, 0.05) is 30.4 Å². The molecule has 30 heavy (non-hydrogen) atoms. The predicted octanol–water partition coefficient (Wildman–Crippen LogP) is 4.23. The maximum Gasteiger partial charge on any atom is 0.291 e. The van der Waals surface area contributed by atoms with E-state index in [-0.39, 0.29) is 17.6 Å². The van der Waals surface area contributed by atoms with Gasteiger partial charge in [-0.3, -0.25) is 14.4 Å². The summed E-state index contributed by atoms with van der Waals surface area (Å²) in [5.41, 5.74) is 2.70. The number of nitrogens with one attached hydrogen (secondary N) is 3. The summed E-state index contributed by atoms with van der Waals surface area (Å²) in [5.74, 6) is -0.589. The van der Waals surface area contributed by atoms with E-state index in [9.17, 15) is 14.4 Å². The number of carbonyl (C=O) groups excluding carboxylic acids is 3. The molecule has 2 aromatic carbocycles. The molecule has 0 radical (unpaired) electrons. The molecule has 1 heterocycles. The lowest BCUT2D eigenvalue weighted by Crippen LogP contribution is -2.25. The van der Waals surface area contributed by atoms with Crippen LogP contribution in [0.25, 0.3) is 0 Å². The van der Waals surface area contributed by atoms with Crippen molar-refractivity contribution in [1.82, 2.24) is 5.32 Å². The maximum atomic E-state index is 12.4. The van der Waals surface area contributed by atoms with E-state index in [0.29, 0.717) is 28.9 Å². The quantitative estimate of drug-likeness (QED) is 0.481. The van der Waals surface area contributed by atoms with Crippen molar-refractivity contribution in [3.63, 3.8) is 0 Å². The summed E-state index contributed by atoms with van der Waals surface area (Å²) in [6.07, 6.45) is 0.649. The van der Waals surface area contributed by atoms with Crippen LogP contribution < -0.4 is 16.0 Å². The Hall–Kier alpha value is -3.39. The van der Waals surface area contributed by atoms with E-state index in [0.717, 1.165) is 11.3 Å². The maximum absolute atomic E-state index is 12.4. The SMILES string of the molecule is CC(=O)Nc1ccc(CCNC(=O)c2cccc(NC(=O)c3ccc(Br)o3)c2)cc1. The molecular weight excluding hydrogens is 450 g/mol. The van der Waals surface area contributed by atoms with Gasteiger partial charge in [0.2, 0.25) is 5.91 Å². The second-order valence-corrected chi connectivity index (χ2v) is 7.30. The number of carbonyl (C=O) groups is 3. The first-order valence-corrected chi connectivity index (χ1v) is 10.0. The average molecular weight is 470 g/mol. The molecule has 8 heteroatoms. The van der Waals surface area contributed by atoms with Crippen LogP contribution in [-0.4, -0.2) is 24.3 Å². The summed E-state index contributed by atoms with van der Waals surface area (Å²) < 4.78 is 5.68. The molecule has 0 fully saturated rings. The molecule has 154 valence electrons. The van der Waals surface area contributed by atoms with E-state index in [1.807, 2.05) is 24.3 Å². The average Bonchev–Trinajstić information content (AvgIpc) is 3.15. The fourth-order valence-corrected chi connectivity index (χ4v) is 3.05. The van der Waals surface area contributed by atoms with E-state index in [2.05, 4.69) is 31.9 Å². The third-order valence-electron chi connectivity index (χ3n) is 4.15. The minimum absolute atomic E-state index is 0.120. The third kappa shape index (κ3) is 6.05. The Kier molecular flexibility index (Phi) is 7.03. The van der Waals surface area contributed by atoms with Crippen molar-refractivity contribution in [2.24, 2.45) is 0 Å². The van der Waals surface area contributed by atoms with Gasteiger partial charge in [-0.2, -0.15) is 0 Å². The van der Waals surface area contributed by atoms with Crippen molar-refractivity contribution in [2.75, 3.05) is 17.2 Å². The zero-order valence-electron chi connectivity index (χ0n) is 16.2. The molecule has 0 aliphatic rings. The molecule has 3 rings (SSSR count). The molecule has 0 atom stereocenters. The number of rotatable bonds is 7. The number of halogens is 1. The summed E-state index contributed by atoms with van der Waals surface area (Å²) >= 11 is 3.15. The third-order valence-corrected chi connectivity index (χ3v) is 4.58. The molecular formula is C22H20BrN3O4. The number of furan rings is 1. The van der Waals surface area contributed by atoms with Crippen LogP contribution in [-0.2, 0) is 11.2 Å². The molecule has 3 amide bonds. The van der Waals surface area contributed by atoms with Gasteiger partial charge in [-0.25, -0.2) is 0 Å². The topological polar surface area (TPSA) is 100 Å². The summed E-state index contributed by atoms with van der Waals surface area (Å²) in [5, 5.41) is 8.28. The van der Waals surface area contributed by atoms with Crippen molar-refractivity contribution in [2.45, 2.75) is 13.3 Å². The summed E-state index contributed by atoms with van der Waals surface area (Å²) in [6.45, 7) is 1.91. The molecule has 3 N–H and O–H groups in total. The van der Waals surface area contributed by atoms with Crippen LogP contribution in [0.2, 0.25) is 0 Å². The van der Waals surface area contributed by atoms with Crippen LogP contribution >= 0.6 is 15.9 Å². The van der Waals surface area contributed by atoms with Gasteiger partial charge in [-0.1, -0.05) is 18.2 Å². The van der Waals surface area contributed by atoms with Crippen molar-refractivity contribution in [3.8, 4) is 0 Å². The molecule has 0 aliphatic heterocycles. The minimum Gasteiger partial charge on any atom is -0.444 e. The highest BCUT2D eigenvalue weighted by atomic mass is 79.9. The Morgan fingerprint density at radius 2 is 1.67 bits per heavy atom. The smallest absolute Gasteiger partial charge is 0.291 e. The van der Waals surface area contributed by atoms with E-state index >= 15 is 0 Å². The van der Waals surface area contributed by atoms with Gasteiger partial charge >= 0.3 is 0 Å². The highest BCUT2D eigenvalue weighted by Gasteiger charge is 2.12. The first-order chi connectivity index (χ1) is 14.4. The van der Waals surface area contributed by atoms with E-state index < -0.39 is 5.91 Å². The Morgan fingerprint density at radius 1 is 0.900 bits per heavy atom. The summed E-state index contributed by atoms with van der Waals surface area (Å²) in [6, 6.07) is 17.3. The fourth-order valence-electron chi connectivity index (χ4n) is 2.75. The predicted molar refractivity (Wildman–Crippen MR) is 118 cm³/mol. The Labute approximate surface area is 182 Å². The molecule has 3 aromatic rings. The first kappa shape index (κ1) is 21.3. The van der Waals surface area contributed by atoms with Gasteiger partial charge in [-0.15, -0.1) is 0 Å². The van der Waals surface area contributed by atoms with Crippen LogP contribution in [0.15, 0.2) is 69.8 Å². The second-order valence-electron chi connectivity index (χ2n) is 6.52. The number of anilines is 2. The van der Waals surface area contributed by atoms with Crippen molar-refractivity contribution < 1.29 is 18.8 Å². The standard InChI is InChI=1S/C22H20BrN3O4/c1-14(27)25-17-7-5-15(6-8-17)11-12-24-21(28)16-3-2-4-18(13-16)26-22(29)19-9-10-20(23)30-19/h2-10,13H,11-12H2,1H3,(H,24,28)(H,25,27)(H,26,29). The largest absolute Gasteiger partial charge is 0.444 e. The lowest BCUT2D eigenvalue weighted by atomic mass is 10.1. The normalized spacial score (nSPS) is 10.3. The first-order valence-electron chi connectivity index (χ1n) is 9.22. The van der Waals surface area contributed by atoms with Crippen LogP contribution in [0.1, 0.15) is 33.4 Å². The summed E-state index contributed by atoms with van der Waals surface area (Å²) in [4.78, 5) is 35.6. The van der Waals surface area contributed by atoms with Crippen LogP contribution in [0.4, 0.5) is 11.4 Å². The van der Waals surface area contributed by atoms with Gasteiger partial charge in [0.05, 0.1) is 0 Å². The zero-order chi connectivity index (χ0) is 21.5. The molecule has 0 bridgehead atoms. The lowest BCUT2D eigenvalue weighted by molar-refractivity contribution is -0.114. The Morgan fingerprint density at radius 3 is 2.33 bits per heavy atom. The molecule has 0 unspecified atom stereocenters. The van der Waals surface area contributed by atoms with Crippen molar-refractivity contribution >= 4 is 45.0 Å². The van der Waals surface area contributed by atoms with Gasteiger partial charge in [-0.05, 0) is 70.4 Å². The van der Waals surface area contributed by atoms with Crippen molar-refractivity contribution in [1.29, 1.82) is 0 Å². The molecule has 0 saturated carbocycles. The minimum atomic E-state index is -0.402. The number of hydrogen-bond acceptors (Lipinski definition) is 4. The van der Waals surface area contributed by atoms with Gasteiger partial charge < -0.3 is 20.4 Å². The number of benzene rings is 2. The van der Waals surface area contributed by atoms with Crippen LogP contribution in [0, 0.1) is 0 Å². The highest BCUT2D eigenvalue weighted by molar-refractivity contribution is 9.10. The van der Waals surface area contributed by atoms with Gasteiger partial charge in [0.1, 0.15) is 0 Å². The summed E-state index contributed by atoms with van der Waals surface area (Å²) in [7, 11) is 0. The number of amides is 3. The number of hydrogen-bond donors (Lipinski definition) is 3. The fraction of sp³-hybridized carbons (Fsp3) is 0.136. The Balaban J connectivity index is 1.52. The second kappa shape index (κ2) is 9.89. The molecule has 7 nitrogen and oxygen atoms in total. The monoisotopic (exact) mass is 469 g/mol. The van der Waals surface area contributed by atoms with Gasteiger partial charge in [0.25, 0.3) is 11.8 Å². The lowest BCUT2D eigenvalue weighted by Gasteiger charge is -2.08. The van der Waals surface area contributed by atoms with Crippen LogP contribution in [0.3, 0.4) is 0 Å². The zero-order valence-corrected chi connectivity index (χ0v) is 17.8. The van der Waals surface area contributed by atoms with E-state index in [1.165, 1.54) is 6.92 Å². The molecule has 0 saturated heterocycles. The molecule has 0 spiro atoms. The molecule has 1 aromatic heterocycles. The molecule has 0 aliphatic carbocycles. The van der Waals surface area contributed by atoms with E-state index in [4.69, 9.17) is 4.42 Å². The Bertz CT molecular complexity index is 1060.